The third-order valence-corrected chi connectivity index (χ3v) is 4.88. The molecule has 0 aliphatic heterocycles. The first kappa shape index (κ1) is 20.3. The maximum absolute atomic E-state index is 14.0. The van der Waals surface area contributed by atoms with Gasteiger partial charge in [0, 0.05) is 12.7 Å². The topological polar surface area (TPSA) is 29.5 Å². The molecule has 0 saturated heterocycles. The summed E-state index contributed by atoms with van der Waals surface area (Å²) in [5.41, 5.74) is 0.643. The molecule has 0 fully saturated rings. The highest BCUT2D eigenvalue weighted by atomic mass is 28.3. The molecule has 0 N–H and O–H groups in total. The van der Waals surface area contributed by atoms with Gasteiger partial charge in [0.05, 0.1) is 8.80 Å². The van der Waals surface area contributed by atoms with Crippen LogP contribution in [0.3, 0.4) is 0 Å². The first-order chi connectivity index (χ1) is 11.0. The van der Waals surface area contributed by atoms with E-state index in [1.54, 1.807) is 6.07 Å². The van der Waals surface area contributed by atoms with Crippen LogP contribution in [0, 0.1) is 0 Å². The Kier molecular flexibility index (Phi) is 6.29. The Balaban J connectivity index is 3.21. The summed E-state index contributed by atoms with van der Waals surface area (Å²) in [6, 6.07) is 5.95. The summed E-state index contributed by atoms with van der Waals surface area (Å²) in [5, 5.41) is 0.796. The first-order valence-corrected chi connectivity index (χ1v) is 9.29. The summed E-state index contributed by atoms with van der Waals surface area (Å²) >= 11 is 0. The van der Waals surface area contributed by atoms with Gasteiger partial charge in [0.2, 0.25) is 0 Å². The number of amides is 1. The minimum atomic E-state index is -5.71. The SMILES string of the molecule is C=C(c1cccc(N(C)C(=O)C(F)(OCF)C(F)(F)F)c1)[Si](C)C. The molecule has 1 rings (SSSR count). The Morgan fingerprint density at radius 1 is 1.29 bits per heavy atom. The largest absolute Gasteiger partial charge is 0.458 e. The number of anilines is 1. The van der Waals surface area contributed by atoms with Crippen molar-refractivity contribution in [2.75, 3.05) is 18.8 Å². The second-order valence-electron chi connectivity index (χ2n) is 5.24. The molecule has 9 heteroatoms. The van der Waals surface area contributed by atoms with E-state index < -0.39 is 33.6 Å². The van der Waals surface area contributed by atoms with Gasteiger partial charge < -0.3 is 4.90 Å². The van der Waals surface area contributed by atoms with Gasteiger partial charge in [-0.05, 0) is 17.7 Å². The Morgan fingerprint density at radius 2 is 1.88 bits per heavy atom. The molecule has 0 saturated carbocycles. The zero-order valence-corrected chi connectivity index (χ0v) is 14.4. The highest BCUT2D eigenvalue weighted by Crippen LogP contribution is 2.37. The normalized spacial score (nSPS) is 14.4. The van der Waals surface area contributed by atoms with Crippen LogP contribution in [0.5, 0.6) is 0 Å². The Bertz CT molecular complexity index is 620. The smallest absolute Gasteiger partial charge is 0.310 e. The fourth-order valence-electron chi connectivity index (χ4n) is 1.86. The van der Waals surface area contributed by atoms with Gasteiger partial charge in [-0.25, -0.2) is 4.39 Å². The van der Waals surface area contributed by atoms with Crippen molar-refractivity contribution in [3.05, 3.63) is 36.4 Å². The van der Waals surface area contributed by atoms with E-state index in [0.717, 1.165) is 12.2 Å². The highest BCUT2D eigenvalue weighted by molar-refractivity contribution is 6.76. The molecular weight excluding hydrogens is 349 g/mol. The number of likely N-dealkylation sites (N-methyl/N-ethyl adjacent to an activating group) is 1. The van der Waals surface area contributed by atoms with Crippen LogP contribution in [0.25, 0.3) is 5.20 Å². The lowest BCUT2D eigenvalue weighted by Gasteiger charge is -2.29. The average molecular weight is 366 g/mol. The summed E-state index contributed by atoms with van der Waals surface area (Å²) in [6.07, 6.45) is -5.71. The predicted octanol–water partition coefficient (Wildman–Crippen LogP) is 4.13. The quantitative estimate of drug-likeness (QED) is 0.560. The van der Waals surface area contributed by atoms with Crippen LogP contribution in [-0.2, 0) is 9.53 Å². The van der Waals surface area contributed by atoms with E-state index in [2.05, 4.69) is 11.3 Å². The fourth-order valence-corrected chi connectivity index (χ4v) is 2.60. The molecule has 0 heterocycles. The molecule has 24 heavy (non-hydrogen) atoms. The lowest BCUT2D eigenvalue weighted by molar-refractivity contribution is -0.321. The molecule has 0 aromatic heterocycles. The molecule has 1 unspecified atom stereocenters. The van der Waals surface area contributed by atoms with Gasteiger partial charge in [-0.2, -0.15) is 17.6 Å². The van der Waals surface area contributed by atoms with Crippen LogP contribution in [0.1, 0.15) is 5.56 Å². The molecule has 1 aromatic carbocycles. The zero-order valence-electron chi connectivity index (χ0n) is 13.4. The number of benzene rings is 1. The molecule has 0 aliphatic carbocycles. The molecular formula is C15H17F5NO2Si. The maximum atomic E-state index is 14.0. The van der Waals surface area contributed by atoms with E-state index >= 15 is 0 Å². The van der Waals surface area contributed by atoms with Crippen molar-refractivity contribution in [2.45, 2.75) is 25.1 Å². The third-order valence-electron chi connectivity index (χ3n) is 3.38. The lowest BCUT2D eigenvalue weighted by atomic mass is 10.1. The molecule has 0 bridgehead atoms. The number of alkyl halides is 5. The molecule has 1 radical (unpaired) electrons. The number of ether oxygens (including phenoxy) is 1. The fraction of sp³-hybridized carbons (Fsp3) is 0.400. The van der Waals surface area contributed by atoms with Crippen LogP contribution >= 0.6 is 0 Å². The number of hydrogen-bond acceptors (Lipinski definition) is 2. The molecule has 133 valence electrons. The van der Waals surface area contributed by atoms with Crippen LogP contribution in [-0.4, -0.2) is 40.6 Å². The maximum Gasteiger partial charge on any atom is 0.458 e. The summed E-state index contributed by atoms with van der Waals surface area (Å²) in [5.74, 6) is -6.82. The zero-order chi connectivity index (χ0) is 18.7. The summed E-state index contributed by atoms with van der Waals surface area (Å²) in [6.45, 7) is 5.75. The van der Waals surface area contributed by atoms with Crippen molar-refractivity contribution in [3.63, 3.8) is 0 Å². The van der Waals surface area contributed by atoms with Gasteiger partial charge >= 0.3 is 17.9 Å². The molecule has 1 amide bonds. The summed E-state index contributed by atoms with van der Waals surface area (Å²) < 4.78 is 68.1. The Labute approximate surface area is 138 Å². The van der Waals surface area contributed by atoms with Crippen molar-refractivity contribution in [2.24, 2.45) is 0 Å². The van der Waals surface area contributed by atoms with Gasteiger partial charge in [-0.15, -0.1) is 0 Å². The van der Waals surface area contributed by atoms with Crippen LogP contribution in [0.2, 0.25) is 13.1 Å². The number of rotatable bonds is 6. The van der Waals surface area contributed by atoms with E-state index in [0.29, 0.717) is 10.5 Å². The summed E-state index contributed by atoms with van der Waals surface area (Å²) in [4.78, 5) is 12.4. The first-order valence-electron chi connectivity index (χ1n) is 6.79. The number of carbonyl (C=O) groups excluding carboxylic acids is 1. The van der Waals surface area contributed by atoms with Crippen molar-refractivity contribution in [1.82, 2.24) is 0 Å². The Hall–Kier alpha value is -1.74. The van der Waals surface area contributed by atoms with Crippen molar-refractivity contribution in [3.8, 4) is 0 Å². The van der Waals surface area contributed by atoms with E-state index in [4.69, 9.17) is 0 Å². The molecule has 0 aliphatic rings. The number of carbonyl (C=O) groups is 1. The van der Waals surface area contributed by atoms with Crippen molar-refractivity contribution in [1.29, 1.82) is 0 Å². The van der Waals surface area contributed by atoms with E-state index in [-0.39, 0.29) is 5.69 Å². The van der Waals surface area contributed by atoms with E-state index in [9.17, 15) is 26.7 Å². The number of halogens is 5. The van der Waals surface area contributed by atoms with Gasteiger partial charge in [0.25, 0.3) is 0 Å². The molecule has 0 spiro atoms. The predicted molar refractivity (Wildman–Crippen MR) is 83.3 cm³/mol. The van der Waals surface area contributed by atoms with Crippen LogP contribution in [0.4, 0.5) is 27.6 Å². The lowest BCUT2D eigenvalue weighted by Crippen LogP contribution is -2.56. The van der Waals surface area contributed by atoms with Gasteiger partial charge in [-0.1, -0.05) is 37.0 Å². The molecule has 1 aromatic rings. The van der Waals surface area contributed by atoms with Gasteiger partial charge in [0.15, 0.2) is 6.86 Å². The third kappa shape index (κ3) is 4.01. The minimum absolute atomic E-state index is 0.00985. The number of nitrogens with zero attached hydrogens (tertiary/aromatic N) is 1. The molecule has 1 atom stereocenters. The second kappa shape index (κ2) is 7.43. The van der Waals surface area contributed by atoms with Crippen LogP contribution in [0.15, 0.2) is 30.8 Å². The Morgan fingerprint density at radius 3 is 2.33 bits per heavy atom. The summed E-state index contributed by atoms with van der Waals surface area (Å²) in [7, 11) is 0.0419. The monoisotopic (exact) mass is 366 g/mol. The van der Waals surface area contributed by atoms with E-state index in [1.807, 2.05) is 13.1 Å². The highest BCUT2D eigenvalue weighted by Gasteiger charge is 2.65. The van der Waals surface area contributed by atoms with Gasteiger partial charge in [-0.3, -0.25) is 9.53 Å². The van der Waals surface area contributed by atoms with Crippen molar-refractivity contribution >= 4 is 25.6 Å². The standard InChI is InChI=1S/C15H17F5NO2Si/c1-10(24(3)4)11-6-5-7-12(8-11)21(2)13(22)14(17,23-9-16)15(18,19)20/h5-8H,1,9H2,2-4H3. The second-order valence-corrected chi connectivity index (χ2v) is 7.84. The van der Waals surface area contributed by atoms with Crippen LogP contribution < -0.4 is 4.90 Å². The minimum Gasteiger partial charge on any atom is -0.310 e. The van der Waals surface area contributed by atoms with Crippen molar-refractivity contribution < 1.29 is 31.5 Å². The number of hydrogen-bond donors (Lipinski definition) is 0. The average Bonchev–Trinajstić information content (AvgIpc) is 2.51. The molecule has 3 nitrogen and oxygen atoms in total. The van der Waals surface area contributed by atoms with Gasteiger partial charge in [0.1, 0.15) is 0 Å². The van der Waals surface area contributed by atoms with E-state index in [1.165, 1.54) is 18.2 Å².